The van der Waals surface area contributed by atoms with Crippen molar-refractivity contribution in [2.24, 2.45) is 5.73 Å². The van der Waals surface area contributed by atoms with Crippen LogP contribution in [-0.2, 0) is 11.2 Å². The topological polar surface area (TPSA) is 61.1 Å². The highest BCUT2D eigenvalue weighted by Crippen LogP contribution is 2.33. The number of nitrogens with two attached hydrogens (primary N) is 1. The van der Waals surface area contributed by atoms with Crippen LogP contribution in [0.5, 0.6) is 0 Å². The summed E-state index contributed by atoms with van der Waals surface area (Å²) in [5.41, 5.74) is 6.22. The number of benzene rings is 1. The molecular weight excluding hydrogens is 196 g/mol. The van der Waals surface area contributed by atoms with Crippen molar-refractivity contribution in [1.82, 2.24) is 0 Å². The zero-order chi connectivity index (χ0) is 9.97. The molecule has 0 aliphatic carbocycles. The second-order valence-electron chi connectivity index (χ2n) is 3.09. The molecule has 1 heterocycles. The average Bonchev–Trinajstić information content (AvgIpc) is 2.54. The predicted molar refractivity (Wildman–Crippen MR) is 58.2 cm³/mol. The lowest BCUT2D eigenvalue weighted by molar-refractivity contribution is 0.589. The van der Waals surface area contributed by atoms with E-state index in [0.29, 0.717) is 6.42 Å². The SMILES string of the molecule is NC=CCC1Nc2ccccc2[S+]1[O-]. The van der Waals surface area contributed by atoms with Crippen molar-refractivity contribution in [1.29, 1.82) is 0 Å². The number of rotatable bonds is 2. The van der Waals surface area contributed by atoms with Gasteiger partial charge in [0.1, 0.15) is 0 Å². The lowest BCUT2D eigenvalue weighted by atomic mass is 10.3. The first-order valence-electron chi connectivity index (χ1n) is 4.46. The first-order chi connectivity index (χ1) is 6.83. The summed E-state index contributed by atoms with van der Waals surface area (Å²) in [5, 5.41) is 3.18. The van der Waals surface area contributed by atoms with Crippen LogP contribution in [0.1, 0.15) is 6.42 Å². The van der Waals surface area contributed by atoms with E-state index in [2.05, 4.69) is 5.32 Å². The zero-order valence-electron chi connectivity index (χ0n) is 7.64. The van der Waals surface area contributed by atoms with Crippen LogP contribution in [0, 0.1) is 0 Å². The van der Waals surface area contributed by atoms with Gasteiger partial charge in [0, 0.05) is 17.6 Å². The molecule has 0 aromatic heterocycles. The lowest BCUT2D eigenvalue weighted by Gasteiger charge is -2.11. The molecule has 1 aromatic rings. The first kappa shape index (κ1) is 9.43. The Morgan fingerprint density at radius 2 is 2.29 bits per heavy atom. The number of hydrogen-bond acceptors (Lipinski definition) is 3. The zero-order valence-corrected chi connectivity index (χ0v) is 8.46. The van der Waals surface area contributed by atoms with Gasteiger partial charge in [0.2, 0.25) is 0 Å². The molecule has 1 aliphatic rings. The van der Waals surface area contributed by atoms with E-state index in [-0.39, 0.29) is 5.37 Å². The number of nitrogens with one attached hydrogen (secondary N) is 1. The van der Waals surface area contributed by atoms with Crippen LogP contribution in [0.3, 0.4) is 0 Å². The summed E-state index contributed by atoms with van der Waals surface area (Å²) in [6, 6.07) is 7.67. The maximum atomic E-state index is 11.9. The molecule has 14 heavy (non-hydrogen) atoms. The molecule has 0 fully saturated rings. The highest BCUT2D eigenvalue weighted by atomic mass is 32.2. The van der Waals surface area contributed by atoms with Crippen LogP contribution < -0.4 is 11.1 Å². The molecule has 4 heteroatoms. The van der Waals surface area contributed by atoms with E-state index in [1.807, 2.05) is 30.3 Å². The third-order valence-corrected chi connectivity index (χ3v) is 3.78. The highest BCUT2D eigenvalue weighted by Gasteiger charge is 2.33. The van der Waals surface area contributed by atoms with Crippen molar-refractivity contribution in [2.75, 3.05) is 5.32 Å². The summed E-state index contributed by atoms with van der Waals surface area (Å²) in [6.07, 6.45) is 4.00. The molecule has 0 saturated heterocycles. The van der Waals surface area contributed by atoms with Crippen LogP contribution in [0.15, 0.2) is 41.4 Å². The minimum atomic E-state index is -0.955. The third kappa shape index (κ3) is 1.58. The van der Waals surface area contributed by atoms with Crippen molar-refractivity contribution < 1.29 is 4.55 Å². The summed E-state index contributed by atoms with van der Waals surface area (Å²) in [7, 11) is 0. The third-order valence-electron chi connectivity index (χ3n) is 2.16. The Morgan fingerprint density at radius 3 is 3.00 bits per heavy atom. The van der Waals surface area contributed by atoms with Gasteiger partial charge in [0.25, 0.3) is 0 Å². The Bertz CT molecular complexity index is 354. The van der Waals surface area contributed by atoms with E-state index in [0.717, 1.165) is 10.6 Å². The minimum Gasteiger partial charge on any atom is -0.610 e. The van der Waals surface area contributed by atoms with Crippen molar-refractivity contribution in [2.45, 2.75) is 16.7 Å². The Balaban J connectivity index is 2.17. The van der Waals surface area contributed by atoms with Crippen molar-refractivity contribution >= 4 is 16.9 Å². The van der Waals surface area contributed by atoms with Gasteiger partial charge in [-0.2, -0.15) is 0 Å². The Kier molecular flexibility index (Phi) is 2.65. The van der Waals surface area contributed by atoms with Crippen LogP contribution >= 0.6 is 0 Å². The molecule has 3 N–H and O–H groups in total. The van der Waals surface area contributed by atoms with Gasteiger partial charge >= 0.3 is 0 Å². The normalized spacial score (nSPS) is 24.9. The van der Waals surface area contributed by atoms with E-state index in [1.54, 1.807) is 0 Å². The van der Waals surface area contributed by atoms with Crippen molar-refractivity contribution in [3.63, 3.8) is 0 Å². The molecule has 0 amide bonds. The van der Waals surface area contributed by atoms with Crippen LogP contribution in [0.25, 0.3) is 0 Å². The number of hydrogen-bond donors (Lipinski definition) is 2. The second-order valence-corrected chi connectivity index (χ2v) is 4.69. The molecular formula is C10H12N2OS. The molecule has 1 aliphatic heterocycles. The molecule has 2 rings (SSSR count). The quantitative estimate of drug-likeness (QED) is 0.722. The fourth-order valence-electron chi connectivity index (χ4n) is 1.49. The fraction of sp³-hybridized carbons (Fsp3) is 0.200. The van der Waals surface area contributed by atoms with Gasteiger partial charge in [-0.1, -0.05) is 18.2 Å². The fourth-order valence-corrected chi connectivity index (χ4v) is 2.87. The molecule has 3 nitrogen and oxygen atoms in total. The van der Waals surface area contributed by atoms with Gasteiger partial charge in [-0.3, -0.25) is 0 Å². The Morgan fingerprint density at radius 1 is 1.50 bits per heavy atom. The standard InChI is InChI=1S/C10H12N2OS/c11-7-3-6-10-12-8-4-1-2-5-9(8)14(10)13/h1-5,7,10,12H,6,11H2. The molecule has 0 radical (unpaired) electrons. The smallest absolute Gasteiger partial charge is 0.195 e. The van der Waals surface area contributed by atoms with Crippen LogP contribution in [0.2, 0.25) is 0 Å². The summed E-state index contributed by atoms with van der Waals surface area (Å²) in [4.78, 5) is 0.892. The maximum Gasteiger partial charge on any atom is 0.195 e. The van der Waals surface area contributed by atoms with Gasteiger partial charge in [0.15, 0.2) is 10.3 Å². The van der Waals surface area contributed by atoms with Gasteiger partial charge in [-0.05, 0) is 18.3 Å². The summed E-state index contributed by atoms with van der Waals surface area (Å²) >= 11 is -0.955. The molecule has 0 bridgehead atoms. The highest BCUT2D eigenvalue weighted by molar-refractivity contribution is 7.92. The number of fused-ring (bicyclic) bond motifs is 1. The van der Waals surface area contributed by atoms with Gasteiger partial charge in [-0.25, -0.2) is 0 Å². The van der Waals surface area contributed by atoms with Crippen molar-refractivity contribution in [3.8, 4) is 0 Å². The summed E-state index contributed by atoms with van der Waals surface area (Å²) in [5.74, 6) is 0. The Labute approximate surface area is 86.2 Å². The number of anilines is 1. The van der Waals surface area contributed by atoms with E-state index in [9.17, 15) is 4.55 Å². The molecule has 0 saturated carbocycles. The predicted octanol–water partition coefficient (Wildman–Crippen LogP) is 1.41. The van der Waals surface area contributed by atoms with E-state index < -0.39 is 11.2 Å². The molecule has 1 aromatic carbocycles. The molecule has 2 unspecified atom stereocenters. The largest absolute Gasteiger partial charge is 0.610 e. The van der Waals surface area contributed by atoms with Crippen LogP contribution in [-0.4, -0.2) is 9.93 Å². The maximum absolute atomic E-state index is 11.9. The van der Waals surface area contributed by atoms with Crippen molar-refractivity contribution in [3.05, 3.63) is 36.5 Å². The van der Waals surface area contributed by atoms with E-state index in [4.69, 9.17) is 5.73 Å². The summed E-state index contributed by atoms with van der Waals surface area (Å²) < 4.78 is 11.9. The Hall–Kier alpha value is -1.13. The molecule has 2 atom stereocenters. The van der Waals surface area contributed by atoms with Gasteiger partial charge in [-0.15, -0.1) is 0 Å². The molecule has 0 spiro atoms. The first-order valence-corrected chi connectivity index (χ1v) is 5.67. The minimum absolute atomic E-state index is 0.0350. The summed E-state index contributed by atoms with van der Waals surface area (Å²) in [6.45, 7) is 0. The molecule has 74 valence electrons. The van der Waals surface area contributed by atoms with E-state index >= 15 is 0 Å². The van der Waals surface area contributed by atoms with E-state index in [1.165, 1.54) is 6.20 Å². The number of para-hydroxylation sites is 1. The lowest BCUT2D eigenvalue weighted by Crippen LogP contribution is -2.21. The van der Waals surface area contributed by atoms with Gasteiger partial charge in [0.05, 0.1) is 5.69 Å². The monoisotopic (exact) mass is 208 g/mol. The van der Waals surface area contributed by atoms with Gasteiger partial charge < -0.3 is 15.6 Å². The second kappa shape index (κ2) is 3.94. The average molecular weight is 208 g/mol. The van der Waals surface area contributed by atoms with Crippen LogP contribution in [0.4, 0.5) is 5.69 Å².